The molecular formula is C21H28N2O6. The second kappa shape index (κ2) is 8.12. The zero-order chi connectivity index (χ0) is 21.3. The molecule has 2 atom stereocenters. The second-order valence-electron chi connectivity index (χ2n) is 8.41. The van der Waals surface area contributed by atoms with Crippen LogP contribution in [0.2, 0.25) is 0 Å². The number of carbonyl (C=O) groups excluding carboxylic acids is 3. The maximum absolute atomic E-state index is 13.0. The predicted octanol–water partition coefficient (Wildman–Crippen LogP) is 1.28. The van der Waals surface area contributed by atoms with E-state index in [-0.39, 0.29) is 19.1 Å². The van der Waals surface area contributed by atoms with Crippen LogP contribution in [0.5, 0.6) is 0 Å². The summed E-state index contributed by atoms with van der Waals surface area (Å²) in [6.45, 7) is 8.77. The number of ether oxygens (including phenoxy) is 2. The minimum Gasteiger partial charge on any atom is -0.458 e. The van der Waals surface area contributed by atoms with Crippen LogP contribution in [0.3, 0.4) is 0 Å². The van der Waals surface area contributed by atoms with Gasteiger partial charge in [-0.15, -0.1) is 0 Å². The molecule has 2 fully saturated rings. The molecular weight excluding hydrogens is 376 g/mol. The third-order valence-corrected chi connectivity index (χ3v) is 4.95. The number of anilines is 1. The highest BCUT2D eigenvalue weighted by Gasteiger charge is 2.41. The molecule has 2 aliphatic rings. The van der Waals surface area contributed by atoms with Crippen LogP contribution in [-0.4, -0.2) is 71.8 Å². The standard InChI is InChI=1S/C21H28N2O6/c1-13-6-7-14(18(25)22-8-5-9-22)12-15(13)23-10-11-28-17(19(23)26)16(24)20(27)29-21(2,3)4/h6-7,12,16-17,24H,5,8-11H2,1-4H3. The lowest BCUT2D eigenvalue weighted by Gasteiger charge is -2.35. The molecule has 1 N–H and O–H groups in total. The van der Waals surface area contributed by atoms with E-state index in [1.54, 1.807) is 43.9 Å². The Morgan fingerprint density at radius 1 is 1.24 bits per heavy atom. The van der Waals surface area contributed by atoms with Crippen LogP contribution in [-0.2, 0) is 19.1 Å². The molecule has 2 aliphatic heterocycles. The zero-order valence-electron chi connectivity index (χ0n) is 17.3. The number of hydrogen-bond donors (Lipinski definition) is 1. The lowest BCUT2D eigenvalue weighted by Crippen LogP contribution is -2.55. The van der Waals surface area contributed by atoms with Crippen molar-refractivity contribution < 1.29 is 29.0 Å². The molecule has 8 nitrogen and oxygen atoms in total. The maximum Gasteiger partial charge on any atom is 0.338 e. The Balaban J connectivity index is 1.81. The van der Waals surface area contributed by atoms with Gasteiger partial charge in [-0.3, -0.25) is 9.59 Å². The first-order valence-corrected chi connectivity index (χ1v) is 9.82. The SMILES string of the molecule is Cc1ccc(C(=O)N2CCC2)cc1N1CCOC(C(O)C(=O)OC(C)(C)C)C1=O. The van der Waals surface area contributed by atoms with Crippen molar-refractivity contribution in [2.75, 3.05) is 31.1 Å². The molecule has 2 amide bonds. The first-order valence-electron chi connectivity index (χ1n) is 9.82. The lowest BCUT2D eigenvalue weighted by atomic mass is 10.0. The smallest absolute Gasteiger partial charge is 0.338 e. The van der Waals surface area contributed by atoms with Gasteiger partial charge in [0.2, 0.25) is 0 Å². The summed E-state index contributed by atoms with van der Waals surface area (Å²) in [5, 5.41) is 10.4. The van der Waals surface area contributed by atoms with Crippen molar-refractivity contribution in [3.05, 3.63) is 29.3 Å². The van der Waals surface area contributed by atoms with Crippen LogP contribution in [0.4, 0.5) is 5.69 Å². The molecule has 0 bridgehead atoms. The summed E-state index contributed by atoms with van der Waals surface area (Å²) in [6.07, 6.45) is -2.08. The van der Waals surface area contributed by atoms with Gasteiger partial charge < -0.3 is 24.4 Å². The molecule has 29 heavy (non-hydrogen) atoms. The van der Waals surface area contributed by atoms with Crippen LogP contribution in [0.25, 0.3) is 0 Å². The van der Waals surface area contributed by atoms with E-state index in [4.69, 9.17) is 9.47 Å². The van der Waals surface area contributed by atoms with E-state index >= 15 is 0 Å². The van der Waals surface area contributed by atoms with Gasteiger partial charge in [0.15, 0.2) is 12.2 Å². The molecule has 0 saturated carbocycles. The fourth-order valence-corrected chi connectivity index (χ4v) is 3.29. The highest BCUT2D eigenvalue weighted by molar-refractivity contribution is 6.02. The fraction of sp³-hybridized carbons (Fsp3) is 0.571. The molecule has 1 aromatic carbocycles. The van der Waals surface area contributed by atoms with Crippen molar-refractivity contribution in [3.63, 3.8) is 0 Å². The van der Waals surface area contributed by atoms with Crippen molar-refractivity contribution in [2.24, 2.45) is 0 Å². The minimum atomic E-state index is -1.73. The Labute approximate surface area is 170 Å². The first kappa shape index (κ1) is 21.3. The predicted molar refractivity (Wildman–Crippen MR) is 106 cm³/mol. The topological polar surface area (TPSA) is 96.4 Å². The number of amides is 2. The summed E-state index contributed by atoms with van der Waals surface area (Å²) >= 11 is 0. The summed E-state index contributed by atoms with van der Waals surface area (Å²) in [5.41, 5.74) is 1.10. The van der Waals surface area contributed by atoms with Crippen LogP contribution in [0, 0.1) is 6.92 Å². The molecule has 2 unspecified atom stereocenters. The molecule has 0 aromatic heterocycles. The van der Waals surface area contributed by atoms with Gasteiger partial charge in [0, 0.05) is 30.9 Å². The number of hydrogen-bond acceptors (Lipinski definition) is 6. The fourth-order valence-electron chi connectivity index (χ4n) is 3.29. The molecule has 8 heteroatoms. The number of likely N-dealkylation sites (tertiary alicyclic amines) is 1. The Bertz CT molecular complexity index is 812. The number of carbonyl (C=O) groups is 3. The van der Waals surface area contributed by atoms with Gasteiger partial charge in [0.25, 0.3) is 11.8 Å². The van der Waals surface area contributed by atoms with Gasteiger partial charge in [-0.2, -0.15) is 0 Å². The number of aliphatic hydroxyl groups excluding tert-OH is 1. The van der Waals surface area contributed by atoms with Crippen molar-refractivity contribution in [2.45, 2.75) is 51.9 Å². The lowest BCUT2D eigenvalue weighted by molar-refractivity contribution is -0.177. The highest BCUT2D eigenvalue weighted by atomic mass is 16.6. The molecule has 0 radical (unpaired) electrons. The van der Waals surface area contributed by atoms with Gasteiger partial charge >= 0.3 is 5.97 Å². The number of benzene rings is 1. The van der Waals surface area contributed by atoms with E-state index in [1.807, 2.05) is 6.92 Å². The summed E-state index contributed by atoms with van der Waals surface area (Å²) in [7, 11) is 0. The molecule has 1 aromatic rings. The minimum absolute atomic E-state index is 0.0662. The van der Waals surface area contributed by atoms with Crippen molar-refractivity contribution in [3.8, 4) is 0 Å². The highest BCUT2D eigenvalue weighted by Crippen LogP contribution is 2.27. The molecule has 2 heterocycles. The molecule has 0 aliphatic carbocycles. The summed E-state index contributed by atoms with van der Waals surface area (Å²) < 4.78 is 10.6. The summed E-state index contributed by atoms with van der Waals surface area (Å²) in [5.74, 6) is -1.51. The quantitative estimate of drug-likeness (QED) is 0.760. The third-order valence-electron chi connectivity index (χ3n) is 4.95. The molecule has 3 rings (SSSR count). The van der Waals surface area contributed by atoms with Gasteiger partial charge in [0.1, 0.15) is 5.60 Å². The number of rotatable bonds is 4. The van der Waals surface area contributed by atoms with Crippen molar-refractivity contribution >= 4 is 23.5 Å². The van der Waals surface area contributed by atoms with E-state index < -0.39 is 29.7 Å². The van der Waals surface area contributed by atoms with Gasteiger partial charge in [-0.1, -0.05) is 6.07 Å². The monoisotopic (exact) mass is 404 g/mol. The van der Waals surface area contributed by atoms with Gasteiger partial charge in [-0.25, -0.2) is 4.79 Å². The Hall–Kier alpha value is -2.45. The number of aliphatic hydroxyl groups is 1. The van der Waals surface area contributed by atoms with E-state index in [9.17, 15) is 19.5 Å². The second-order valence-corrected chi connectivity index (χ2v) is 8.41. The van der Waals surface area contributed by atoms with Crippen LogP contribution >= 0.6 is 0 Å². The Morgan fingerprint density at radius 2 is 1.93 bits per heavy atom. The first-order chi connectivity index (χ1) is 13.6. The van der Waals surface area contributed by atoms with Crippen LogP contribution < -0.4 is 4.90 Å². The average Bonchev–Trinajstić information content (AvgIpc) is 2.59. The summed E-state index contributed by atoms with van der Waals surface area (Å²) in [4.78, 5) is 41.0. The van der Waals surface area contributed by atoms with Gasteiger partial charge in [-0.05, 0) is 51.8 Å². The zero-order valence-corrected chi connectivity index (χ0v) is 17.3. The van der Waals surface area contributed by atoms with Crippen LogP contribution in [0.15, 0.2) is 18.2 Å². The largest absolute Gasteiger partial charge is 0.458 e. The Kier molecular flexibility index (Phi) is 5.95. The van der Waals surface area contributed by atoms with E-state index in [2.05, 4.69) is 0 Å². The summed E-state index contributed by atoms with van der Waals surface area (Å²) in [6, 6.07) is 5.23. The average molecular weight is 404 g/mol. The van der Waals surface area contributed by atoms with Crippen molar-refractivity contribution in [1.29, 1.82) is 0 Å². The number of nitrogens with zero attached hydrogens (tertiary/aromatic N) is 2. The van der Waals surface area contributed by atoms with E-state index in [0.29, 0.717) is 11.3 Å². The van der Waals surface area contributed by atoms with E-state index in [1.165, 1.54) is 4.90 Å². The Morgan fingerprint density at radius 3 is 2.52 bits per heavy atom. The number of morpholine rings is 1. The van der Waals surface area contributed by atoms with Gasteiger partial charge in [0.05, 0.1) is 6.61 Å². The van der Waals surface area contributed by atoms with E-state index in [0.717, 1.165) is 25.1 Å². The molecule has 158 valence electrons. The number of aryl methyl sites for hydroxylation is 1. The van der Waals surface area contributed by atoms with Crippen molar-refractivity contribution in [1.82, 2.24) is 4.90 Å². The molecule has 2 saturated heterocycles. The van der Waals surface area contributed by atoms with Crippen LogP contribution in [0.1, 0.15) is 43.1 Å². The number of esters is 1. The third kappa shape index (κ3) is 4.59. The normalized spacial score (nSPS) is 20.9. The maximum atomic E-state index is 13.0. The molecule has 0 spiro atoms.